The Hall–Kier alpha value is -1.12. The second-order valence-electron chi connectivity index (χ2n) is 5.51. The molecule has 1 aliphatic heterocycles. The van der Waals surface area contributed by atoms with Gasteiger partial charge >= 0.3 is 0 Å². The molecule has 2 heteroatoms. The van der Waals surface area contributed by atoms with Crippen molar-refractivity contribution < 1.29 is 0 Å². The fraction of sp³-hybridized carbons (Fsp3) is 0.500. The van der Waals surface area contributed by atoms with Crippen LogP contribution in [0.1, 0.15) is 25.8 Å². The van der Waals surface area contributed by atoms with Gasteiger partial charge in [0.25, 0.3) is 0 Å². The zero-order valence-electron chi connectivity index (χ0n) is 11.5. The van der Waals surface area contributed by atoms with Crippen LogP contribution in [-0.2, 0) is 0 Å². The predicted octanol–water partition coefficient (Wildman–Crippen LogP) is 2.76. The van der Waals surface area contributed by atoms with Gasteiger partial charge < -0.3 is 5.73 Å². The highest BCUT2D eigenvalue weighted by molar-refractivity contribution is 5.66. The molecule has 0 unspecified atom stereocenters. The van der Waals surface area contributed by atoms with E-state index in [9.17, 15) is 0 Å². The van der Waals surface area contributed by atoms with Gasteiger partial charge in [0.2, 0.25) is 0 Å². The summed E-state index contributed by atoms with van der Waals surface area (Å²) >= 11 is 0. The molecule has 0 amide bonds. The lowest BCUT2D eigenvalue weighted by molar-refractivity contribution is 0.259. The fourth-order valence-electron chi connectivity index (χ4n) is 2.30. The minimum atomic E-state index is 0.289. The Kier molecular flexibility index (Phi) is 4.56. The van der Waals surface area contributed by atoms with Gasteiger partial charge in [-0.05, 0) is 23.5 Å². The van der Waals surface area contributed by atoms with E-state index in [1.165, 1.54) is 11.1 Å². The minimum Gasteiger partial charge on any atom is -0.326 e. The van der Waals surface area contributed by atoms with E-state index in [0.29, 0.717) is 5.92 Å². The molecule has 1 aromatic carbocycles. The van der Waals surface area contributed by atoms with Crippen molar-refractivity contribution in [3.63, 3.8) is 0 Å². The van der Waals surface area contributed by atoms with E-state index < -0.39 is 0 Å². The van der Waals surface area contributed by atoms with E-state index in [4.69, 9.17) is 5.73 Å². The summed E-state index contributed by atoms with van der Waals surface area (Å²) < 4.78 is 0. The molecule has 0 saturated heterocycles. The predicted molar refractivity (Wildman–Crippen MR) is 78.3 cm³/mol. The first-order valence-corrected chi connectivity index (χ1v) is 6.89. The maximum Gasteiger partial charge on any atom is 0.0191 e. The standard InChI is InChI=1S/C16H24N2/c1-13(2)16(17)12-18-10-8-15(9-11-18)14-6-4-3-5-7-14/h3-8,13,16H,9-12,17H2,1-2H3/t16-/m0/s1. The van der Waals surface area contributed by atoms with Crippen LogP contribution < -0.4 is 5.73 Å². The van der Waals surface area contributed by atoms with Crippen LogP contribution in [0.2, 0.25) is 0 Å². The Morgan fingerprint density at radius 2 is 1.94 bits per heavy atom. The van der Waals surface area contributed by atoms with E-state index in [2.05, 4.69) is 55.2 Å². The highest BCUT2D eigenvalue weighted by Gasteiger charge is 2.16. The van der Waals surface area contributed by atoms with Crippen LogP contribution >= 0.6 is 0 Å². The van der Waals surface area contributed by atoms with Crippen LogP contribution in [0.25, 0.3) is 5.57 Å². The molecule has 1 aliphatic rings. The van der Waals surface area contributed by atoms with Gasteiger partial charge in [-0.2, -0.15) is 0 Å². The normalized spacial score (nSPS) is 18.8. The third kappa shape index (κ3) is 3.44. The van der Waals surface area contributed by atoms with Crippen LogP contribution in [0.3, 0.4) is 0 Å². The molecule has 98 valence electrons. The lowest BCUT2D eigenvalue weighted by atomic mass is 9.98. The molecule has 1 aromatic rings. The molecule has 0 radical (unpaired) electrons. The second-order valence-corrected chi connectivity index (χ2v) is 5.51. The SMILES string of the molecule is CC(C)[C@@H](N)CN1CC=C(c2ccccc2)CC1. The van der Waals surface area contributed by atoms with Gasteiger partial charge in [-0.25, -0.2) is 0 Å². The van der Waals surface area contributed by atoms with Crippen molar-refractivity contribution in [3.8, 4) is 0 Å². The molecule has 0 aromatic heterocycles. The smallest absolute Gasteiger partial charge is 0.0191 e. The summed E-state index contributed by atoms with van der Waals surface area (Å²) in [6, 6.07) is 11.0. The average molecular weight is 244 g/mol. The van der Waals surface area contributed by atoms with Crippen LogP contribution in [0.4, 0.5) is 0 Å². The van der Waals surface area contributed by atoms with Gasteiger partial charge in [0.15, 0.2) is 0 Å². The Labute approximate surface area is 110 Å². The molecule has 2 rings (SSSR count). The molecule has 0 bridgehead atoms. The first-order chi connectivity index (χ1) is 8.66. The summed E-state index contributed by atoms with van der Waals surface area (Å²) in [5.74, 6) is 0.560. The molecule has 2 N–H and O–H groups in total. The topological polar surface area (TPSA) is 29.3 Å². The monoisotopic (exact) mass is 244 g/mol. The third-order valence-electron chi connectivity index (χ3n) is 3.76. The Bertz CT molecular complexity index is 395. The van der Waals surface area contributed by atoms with E-state index in [1.807, 2.05) is 0 Å². The molecule has 2 nitrogen and oxygen atoms in total. The van der Waals surface area contributed by atoms with E-state index in [0.717, 1.165) is 26.1 Å². The van der Waals surface area contributed by atoms with Crippen molar-refractivity contribution in [1.29, 1.82) is 0 Å². The number of benzene rings is 1. The third-order valence-corrected chi connectivity index (χ3v) is 3.76. The maximum atomic E-state index is 6.13. The van der Waals surface area contributed by atoms with Crippen molar-refractivity contribution in [1.82, 2.24) is 4.90 Å². The highest BCUT2D eigenvalue weighted by atomic mass is 15.1. The van der Waals surface area contributed by atoms with Gasteiger partial charge in [-0.15, -0.1) is 0 Å². The van der Waals surface area contributed by atoms with Gasteiger partial charge in [0.1, 0.15) is 0 Å². The van der Waals surface area contributed by atoms with E-state index in [1.54, 1.807) is 0 Å². The molecule has 0 spiro atoms. The van der Waals surface area contributed by atoms with Crippen LogP contribution in [0, 0.1) is 5.92 Å². The van der Waals surface area contributed by atoms with E-state index in [-0.39, 0.29) is 6.04 Å². The van der Waals surface area contributed by atoms with Gasteiger partial charge in [-0.3, -0.25) is 4.90 Å². The van der Waals surface area contributed by atoms with Gasteiger partial charge in [-0.1, -0.05) is 50.3 Å². The quantitative estimate of drug-likeness (QED) is 0.882. The molecule has 0 fully saturated rings. The number of hydrogen-bond donors (Lipinski definition) is 1. The number of rotatable bonds is 4. The maximum absolute atomic E-state index is 6.13. The highest BCUT2D eigenvalue weighted by Crippen LogP contribution is 2.22. The van der Waals surface area contributed by atoms with Crippen LogP contribution in [0.5, 0.6) is 0 Å². The Morgan fingerprint density at radius 1 is 1.22 bits per heavy atom. The van der Waals surface area contributed by atoms with Crippen molar-refractivity contribution in [2.45, 2.75) is 26.3 Å². The van der Waals surface area contributed by atoms with E-state index >= 15 is 0 Å². The lowest BCUT2D eigenvalue weighted by Gasteiger charge is -2.30. The summed E-state index contributed by atoms with van der Waals surface area (Å²) in [7, 11) is 0. The van der Waals surface area contributed by atoms with Gasteiger partial charge in [0.05, 0.1) is 0 Å². The number of nitrogens with two attached hydrogens (primary N) is 1. The fourth-order valence-corrected chi connectivity index (χ4v) is 2.30. The molecular formula is C16H24N2. The van der Waals surface area contributed by atoms with Crippen molar-refractivity contribution >= 4 is 5.57 Å². The average Bonchev–Trinajstić information content (AvgIpc) is 2.40. The minimum absolute atomic E-state index is 0.289. The molecule has 1 heterocycles. The van der Waals surface area contributed by atoms with Crippen LogP contribution in [-0.4, -0.2) is 30.6 Å². The molecule has 1 atom stereocenters. The first-order valence-electron chi connectivity index (χ1n) is 6.89. The summed E-state index contributed by atoms with van der Waals surface area (Å²) in [6.07, 6.45) is 3.49. The summed E-state index contributed by atoms with van der Waals surface area (Å²) in [5, 5.41) is 0. The summed E-state index contributed by atoms with van der Waals surface area (Å²) in [6.45, 7) is 7.56. The first kappa shape index (κ1) is 13.3. The molecule has 0 saturated carbocycles. The Balaban J connectivity index is 1.92. The largest absolute Gasteiger partial charge is 0.326 e. The summed E-state index contributed by atoms with van der Waals surface area (Å²) in [5.41, 5.74) is 8.97. The zero-order chi connectivity index (χ0) is 13.0. The molecule has 0 aliphatic carbocycles. The second kappa shape index (κ2) is 6.17. The number of nitrogens with zero attached hydrogens (tertiary/aromatic N) is 1. The molecular weight excluding hydrogens is 220 g/mol. The number of hydrogen-bond acceptors (Lipinski definition) is 2. The van der Waals surface area contributed by atoms with Crippen molar-refractivity contribution in [2.24, 2.45) is 11.7 Å². The van der Waals surface area contributed by atoms with Crippen molar-refractivity contribution in [2.75, 3.05) is 19.6 Å². The molecule has 18 heavy (non-hydrogen) atoms. The lowest BCUT2D eigenvalue weighted by Crippen LogP contribution is -2.42. The summed E-state index contributed by atoms with van der Waals surface area (Å²) in [4.78, 5) is 2.46. The zero-order valence-corrected chi connectivity index (χ0v) is 11.5. The van der Waals surface area contributed by atoms with Crippen LogP contribution in [0.15, 0.2) is 36.4 Å². The van der Waals surface area contributed by atoms with Crippen molar-refractivity contribution in [3.05, 3.63) is 42.0 Å². The van der Waals surface area contributed by atoms with Gasteiger partial charge in [0, 0.05) is 25.7 Å². The Morgan fingerprint density at radius 3 is 2.50 bits per heavy atom.